The van der Waals surface area contributed by atoms with E-state index in [2.05, 4.69) is 31.9 Å². The average Bonchev–Trinajstić information content (AvgIpc) is 2.10. The summed E-state index contributed by atoms with van der Waals surface area (Å²) in [5.74, 6) is 0.902. The Morgan fingerprint density at radius 1 is 1.64 bits per heavy atom. The summed E-state index contributed by atoms with van der Waals surface area (Å²) in [4.78, 5) is 0. The summed E-state index contributed by atoms with van der Waals surface area (Å²) in [5.41, 5.74) is 5.59. The molecule has 2 nitrogen and oxygen atoms in total. The van der Waals surface area contributed by atoms with Gasteiger partial charge in [-0.3, -0.25) is 0 Å². The van der Waals surface area contributed by atoms with Gasteiger partial charge in [-0.15, -0.1) is 0 Å². The lowest BCUT2D eigenvalue weighted by molar-refractivity contribution is 0.472. The highest BCUT2D eigenvalue weighted by molar-refractivity contribution is 9.13. The number of halogens is 2. The van der Waals surface area contributed by atoms with Crippen LogP contribution in [0.5, 0.6) is 0 Å². The molecule has 0 aliphatic heterocycles. The van der Waals surface area contributed by atoms with E-state index in [0.717, 1.165) is 21.3 Å². The van der Waals surface area contributed by atoms with Gasteiger partial charge in [0, 0.05) is 12.5 Å². The van der Waals surface area contributed by atoms with E-state index in [1.165, 1.54) is 0 Å². The monoisotopic (exact) mass is 281 g/mol. The highest BCUT2D eigenvalue weighted by Gasteiger charge is 2.06. The molecule has 11 heavy (non-hydrogen) atoms. The Bertz CT molecular complexity index is 225. The second kappa shape index (κ2) is 3.74. The first-order valence-corrected chi connectivity index (χ1v) is 4.87. The Hall–Kier alpha value is 0.200. The van der Waals surface area contributed by atoms with Gasteiger partial charge in [-0.1, -0.05) is 0 Å². The van der Waals surface area contributed by atoms with Gasteiger partial charge >= 0.3 is 0 Å². The number of hydrogen-bond acceptors (Lipinski definition) is 2. The minimum absolute atomic E-state index is 0.139. The minimum Gasteiger partial charge on any atom is -0.453 e. The van der Waals surface area contributed by atoms with Crippen molar-refractivity contribution in [2.24, 2.45) is 5.73 Å². The number of nitrogens with two attached hydrogens (primary N) is 1. The third-order valence-corrected chi connectivity index (χ3v) is 2.93. The SMILES string of the molecule is C[C@H](N)Cc1cc(Br)c(Br)o1. The summed E-state index contributed by atoms with van der Waals surface area (Å²) in [6.45, 7) is 1.95. The molecule has 0 aliphatic rings. The topological polar surface area (TPSA) is 39.2 Å². The molecule has 0 saturated carbocycles. The Labute approximate surface area is 82.4 Å². The van der Waals surface area contributed by atoms with Crippen LogP contribution >= 0.6 is 31.9 Å². The van der Waals surface area contributed by atoms with Crippen LogP contribution in [0.2, 0.25) is 0 Å². The van der Waals surface area contributed by atoms with Crippen molar-refractivity contribution in [3.63, 3.8) is 0 Å². The van der Waals surface area contributed by atoms with Gasteiger partial charge in [-0.05, 0) is 44.8 Å². The molecule has 0 bridgehead atoms. The van der Waals surface area contributed by atoms with Crippen LogP contribution in [0.25, 0.3) is 0 Å². The van der Waals surface area contributed by atoms with E-state index < -0.39 is 0 Å². The maximum absolute atomic E-state index is 5.59. The fourth-order valence-electron chi connectivity index (χ4n) is 0.809. The maximum Gasteiger partial charge on any atom is 0.183 e. The molecule has 1 heterocycles. The van der Waals surface area contributed by atoms with E-state index in [0.29, 0.717) is 0 Å². The van der Waals surface area contributed by atoms with Crippen LogP contribution in [0.15, 0.2) is 19.6 Å². The molecule has 0 radical (unpaired) electrons. The first kappa shape index (κ1) is 9.29. The van der Waals surface area contributed by atoms with Gasteiger partial charge in [0.2, 0.25) is 0 Å². The second-order valence-electron chi connectivity index (χ2n) is 2.52. The average molecular weight is 283 g/mol. The fourth-order valence-corrected chi connectivity index (χ4v) is 1.47. The van der Waals surface area contributed by atoms with Crippen molar-refractivity contribution in [3.8, 4) is 0 Å². The third-order valence-electron chi connectivity index (χ3n) is 1.22. The van der Waals surface area contributed by atoms with Crippen molar-refractivity contribution < 1.29 is 4.42 Å². The summed E-state index contributed by atoms with van der Waals surface area (Å²) >= 11 is 6.58. The molecule has 0 fully saturated rings. The standard InChI is InChI=1S/C7H9Br2NO/c1-4(10)2-5-3-6(8)7(9)11-5/h3-4H,2,10H2,1H3/t4-/m0/s1. The molecule has 62 valence electrons. The van der Waals surface area contributed by atoms with Crippen LogP contribution in [0, 0.1) is 0 Å². The Balaban J connectivity index is 2.73. The maximum atomic E-state index is 5.59. The molecule has 0 saturated heterocycles. The lowest BCUT2D eigenvalue weighted by atomic mass is 10.2. The van der Waals surface area contributed by atoms with Crippen molar-refractivity contribution in [2.45, 2.75) is 19.4 Å². The first-order chi connectivity index (χ1) is 5.09. The number of hydrogen-bond donors (Lipinski definition) is 1. The zero-order valence-electron chi connectivity index (χ0n) is 6.10. The van der Waals surface area contributed by atoms with Crippen molar-refractivity contribution in [2.75, 3.05) is 0 Å². The molecule has 0 unspecified atom stereocenters. The predicted octanol–water partition coefficient (Wildman–Crippen LogP) is 2.69. The summed E-state index contributed by atoms with van der Waals surface area (Å²) < 4.78 is 6.98. The largest absolute Gasteiger partial charge is 0.453 e. The Morgan fingerprint density at radius 2 is 2.27 bits per heavy atom. The van der Waals surface area contributed by atoms with E-state index >= 15 is 0 Å². The van der Waals surface area contributed by atoms with Gasteiger partial charge in [0.15, 0.2) is 4.67 Å². The molecule has 1 atom stereocenters. The van der Waals surface area contributed by atoms with Crippen molar-refractivity contribution in [1.29, 1.82) is 0 Å². The summed E-state index contributed by atoms with van der Waals surface area (Å²) in [7, 11) is 0. The molecular weight excluding hydrogens is 274 g/mol. The summed E-state index contributed by atoms with van der Waals surface area (Å²) in [5, 5.41) is 0. The summed E-state index contributed by atoms with van der Waals surface area (Å²) in [6, 6.07) is 2.06. The smallest absolute Gasteiger partial charge is 0.183 e. The lowest BCUT2D eigenvalue weighted by Crippen LogP contribution is -2.17. The van der Waals surface area contributed by atoms with Crippen LogP contribution in [-0.4, -0.2) is 6.04 Å². The minimum atomic E-state index is 0.139. The van der Waals surface area contributed by atoms with Crippen LogP contribution in [0.3, 0.4) is 0 Å². The predicted molar refractivity (Wildman–Crippen MR) is 51.5 cm³/mol. The Kier molecular flexibility index (Phi) is 3.16. The van der Waals surface area contributed by atoms with Crippen LogP contribution < -0.4 is 5.73 Å². The van der Waals surface area contributed by atoms with Gasteiger partial charge in [-0.2, -0.15) is 0 Å². The molecule has 4 heteroatoms. The van der Waals surface area contributed by atoms with Gasteiger partial charge in [-0.25, -0.2) is 0 Å². The number of furan rings is 1. The Morgan fingerprint density at radius 3 is 2.64 bits per heavy atom. The normalized spacial score (nSPS) is 13.5. The van der Waals surface area contributed by atoms with E-state index in [4.69, 9.17) is 10.2 Å². The van der Waals surface area contributed by atoms with Gasteiger partial charge in [0.25, 0.3) is 0 Å². The van der Waals surface area contributed by atoms with E-state index in [1.54, 1.807) is 0 Å². The molecule has 1 aromatic heterocycles. The summed E-state index contributed by atoms with van der Waals surface area (Å²) in [6.07, 6.45) is 0.768. The van der Waals surface area contributed by atoms with Gasteiger partial charge < -0.3 is 10.2 Å². The molecule has 0 aliphatic carbocycles. The molecule has 0 spiro atoms. The lowest BCUT2D eigenvalue weighted by Gasteiger charge is -1.98. The quantitative estimate of drug-likeness (QED) is 0.906. The third kappa shape index (κ3) is 2.61. The number of rotatable bonds is 2. The fraction of sp³-hybridized carbons (Fsp3) is 0.429. The van der Waals surface area contributed by atoms with Crippen LogP contribution in [0.1, 0.15) is 12.7 Å². The van der Waals surface area contributed by atoms with Crippen molar-refractivity contribution in [1.82, 2.24) is 0 Å². The van der Waals surface area contributed by atoms with Crippen molar-refractivity contribution in [3.05, 3.63) is 21.0 Å². The van der Waals surface area contributed by atoms with E-state index in [-0.39, 0.29) is 6.04 Å². The zero-order valence-corrected chi connectivity index (χ0v) is 9.28. The molecule has 0 aromatic carbocycles. The van der Waals surface area contributed by atoms with Crippen LogP contribution in [-0.2, 0) is 6.42 Å². The molecule has 0 amide bonds. The second-order valence-corrected chi connectivity index (χ2v) is 4.09. The van der Waals surface area contributed by atoms with Gasteiger partial charge in [0.1, 0.15) is 5.76 Å². The van der Waals surface area contributed by atoms with E-state index in [9.17, 15) is 0 Å². The highest BCUT2D eigenvalue weighted by atomic mass is 79.9. The van der Waals surface area contributed by atoms with Crippen molar-refractivity contribution >= 4 is 31.9 Å². The first-order valence-electron chi connectivity index (χ1n) is 3.29. The molecular formula is C7H9Br2NO. The van der Waals surface area contributed by atoms with Gasteiger partial charge in [0.05, 0.1) is 4.47 Å². The van der Waals surface area contributed by atoms with E-state index in [1.807, 2.05) is 13.0 Å². The zero-order chi connectivity index (χ0) is 8.43. The molecule has 1 aromatic rings. The molecule has 1 rings (SSSR count). The van der Waals surface area contributed by atoms with Crippen LogP contribution in [0.4, 0.5) is 0 Å². The molecule has 2 N–H and O–H groups in total. The highest BCUT2D eigenvalue weighted by Crippen LogP contribution is 2.27.